The van der Waals surface area contributed by atoms with Gasteiger partial charge in [-0.25, -0.2) is 0 Å². The van der Waals surface area contributed by atoms with Crippen LogP contribution in [0.4, 0.5) is 0 Å². The third-order valence-electron chi connectivity index (χ3n) is 4.99. The van der Waals surface area contributed by atoms with Crippen LogP contribution in [0.3, 0.4) is 0 Å². The van der Waals surface area contributed by atoms with Gasteiger partial charge in [-0.05, 0) is 36.0 Å². The second-order valence-electron chi connectivity index (χ2n) is 6.26. The van der Waals surface area contributed by atoms with E-state index in [1.165, 1.54) is 30.2 Å². The number of hydrogen-bond acceptors (Lipinski definition) is 1. The lowest BCUT2D eigenvalue weighted by molar-refractivity contribution is 0.206. The minimum Gasteiger partial charge on any atom is -0.361 e. The minimum atomic E-state index is 0.649. The van der Waals surface area contributed by atoms with Crippen molar-refractivity contribution in [2.75, 3.05) is 0 Å². The molecule has 2 aromatic rings. The number of hydrogen-bond donors (Lipinski definition) is 2. The van der Waals surface area contributed by atoms with Crippen molar-refractivity contribution in [3.05, 3.63) is 35.0 Å². The van der Waals surface area contributed by atoms with Crippen LogP contribution in [-0.4, -0.2) is 11.0 Å². The highest BCUT2D eigenvalue weighted by Gasteiger charge is 2.26. The molecule has 1 fully saturated rings. The molecule has 1 aromatic carbocycles. The molecular weight excluding hydrogens is 268 g/mol. The van der Waals surface area contributed by atoms with Gasteiger partial charge >= 0.3 is 0 Å². The lowest BCUT2D eigenvalue weighted by Crippen LogP contribution is -2.40. The van der Waals surface area contributed by atoms with Crippen LogP contribution >= 0.6 is 11.6 Å². The molecule has 0 spiro atoms. The minimum absolute atomic E-state index is 0.649. The first-order valence-electron chi connectivity index (χ1n) is 7.64. The van der Waals surface area contributed by atoms with Crippen molar-refractivity contribution in [1.82, 2.24) is 10.3 Å². The summed E-state index contributed by atoms with van der Waals surface area (Å²) in [5.74, 6) is 1.60. The second kappa shape index (κ2) is 5.79. The molecule has 0 amide bonds. The maximum Gasteiger partial charge on any atom is 0.0472 e. The predicted molar refractivity (Wildman–Crippen MR) is 86.1 cm³/mol. The quantitative estimate of drug-likeness (QED) is 0.840. The Balaban J connectivity index is 1.70. The highest BCUT2D eigenvalue weighted by molar-refractivity contribution is 6.31. The molecule has 0 bridgehead atoms. The zero-order valence-electron chi connectivity index (χ0n) is 12.2. The maximum absolute atomic E-state index is 6.03. The van der Waals surface area contributed by atoms with E-state index >= 15 is 0 Å². The molecule has 1 aromatic heterocycles. The van der Waals surface area contributed by atoms with Gasteiger partial charge in [0.1, 0.15) is 0 Å². The van der Waals surface area contributed by atoms with Gasteiger partial charge in [0.15, 0.2) is 0 Å². The molecule has 0 radical (unpaired) electrons. The predicted octanol–water partition coefficient (Wildman–Crippen LogP) is 4.74. The zero-order valence-corrected chi connectivity index (χ0v) is 13.0. The van der Waals surface area contributed by atoms with Crippen LogP contribution in [0.1, 0.15) is 38.7 Å². The molecule has 1 saturated carbocycles. The molecule has 2 N–H and O–H groups in total. The van der Waals surface area contributed by atoms with Gasteiger partial charge in [0, 0.05) is 34.7 Å². The summed E-state index contributed by atoms with van der Waals surface area (Å²) in [4.78, 5) is 3.31. The summed E-state index contributed by atoms with van der Waals surface area (Å²) in [5, 5.41) is 5.82. The summed E-state index contributed by atoms with van der Waals surface area (Å²) in [6, 6.07) is 6.71. The topological polar surface area (TPSA) is 27.8 Å². The van der Waals surface area contributed by atoms with Crippen molar-refractivity contribution in [2.45, 2.75) is 45.7 Å². The van der Waals surface area contributed by atoms with Gasteiger partial charge in [-0.3, -0.25) is 0 Å². The van der Waals surface area contributed by atoms with Gasteiger partial charge in [-0.15, -0.1) is 0 Å². The molecule has 108 valence electrons. The van der Waals surface area contributed by atoms with E-state index in [-0.39, 0.29) is 0 Å². The standard InChI is InChI=1S/C17H23ClN2/c1-11-4-3-5-16(12(11)2)19-9-13-10-20-17-8-14(18)6-7-15(13)17/h6-8,10-12,16,19-20H,3-5,9H2,1-2H3. The van der Waals surface area contributed by atoms with E-state index in [1.807, 2.05) is 12.1 Å². The molecular formula is C17H23ClN2. The third-order valence-corrected chi connectivity index (χ3v) is 5.23. The van der Waals surface area contributed by atoms with E-state index in [4.69, 9.17) is 11.6 Å². The van der Waals surface area contributed by atoms with E-state index in [9.17, 15) is 0 Å². The number of aromatic nitrogens is 1. The van der Waals surface area contributed by atoms with Crippen molar-refractivity contribution >= 4 is 22.5 Å². The molecule has 2 nitrogen and oxygen atoms in total. The van der Waals surface area contributed by atoms with Crippen LogP contribution < -0.4 is 5.32 Å². The molecule has 1 heterocycles. The molecule has 3 unspecified atom stereocenters. The highest BCUT2D eigenvalue weighted by atomic mass is 35.5. The van der Waals surface area contributed by atoms with Crippen LogP contribution in [0, 0.1) is 11.8 Å². The summed E-state index contributed by atoms with van der Waals surface area (Å²) in [7, 11) is 0. The van der Waals surface area contributed by atoms with Gasteiger partial charge in [-0.1, -0.05) is 44.4 Å². The maximum atomic E-state index is 6.03. The van der Waals surface area contributed by atoms with Crippen molar-refractivity contribution in [3.63, 3.8) is 0 Å². The Labute approximate surface area is 125 Å². The van der Waals surface area contributed by atoms with Gasteiger partial charge in [0.05, 0.1) is 0 Å². The summed E-state index contributed by atoms with van der Waals surface area (Å²) in [5.41, 5.74) is 2.46. The summed E-state index contributed by atoms with van der Waals surface area (Å²) in [6.45, 7) is 5.70. The first kappa shape index (κ1) is 14.0. The second-order valence-corrected chi connectivity index (χ2v) is 6.69. The number of nitrogens with one attached hydrogen (secondary N) is 2. The number of rotatable bonds is 3. The molecule has 0 aliphatic heterocycles. The van der Waals surface area contributed by atoms with Gasteiger partial charge in [0.25, 0.3) is 0 Å². The van der Waals surface area contributed by atoms with Crippen LogP contribution in [0.25, 0.3) is 10.9 Å². The van der Waals surface area contributed by atoms with E-state index in [0.717, 1.165) is 28.9 Å². The molecule has 1 aliphatic rings. The van der Waals surface area contributed by atoms with E-state index in [1.54, 1.807) is 0 Å². The Morgan fingerprint density at radius 1 is 1.30 bits per heavy atom. The molecule has 20 heavy (non-hydrogen) atoms. The number of H-pyrrole nitrogens is 1. The normalized spacial score (nSPS) is 27.1. The fourth-order valence-electron chi connectivity index (χ4n) is 3.42. The fourth-order valence-corrected chi connectivity index (χ4v) is 3.59. The van der Waals surface area contributed by atoms with E-state index in [2.05, 4.69) is 36.4 Å². The number of benzene rings is 1. The van der Waals surface area contributed by atoms with Gasteiger partial charge in [0.2, 0.25) is 0 Å². The molecule has 0 saturated heterocycles. The Kier molecular flexibility index (Phi) is 4.04. The van der Waals surface area contributed by atoms with Crippen LogP contribution in [0.5, 0.6) is 0 Å². The van der Waals surface area contributed by atoms with Crippen LogP contribution in [0.15, 0.2) is 24.4 Å². The zero-order chi connectivity index (χ0) is 14.1. The van der Waals surface area contributed by atoms with E-state index < -0.39 is 0 Å². The third kappa shape index (κ3) is 2.72. The number of halogens is 1. The molecule has 1 aliphatic carbocycles. The largest absolute Gasteiger partial charge is 0.361 e. The SMILES string of the molecule is CC1CCCC(NCc2c[nH]c3cc(Cl)ccc23)C1C. The molecule has 3 heteroatoms. The van der Waals surface area contributed by atoms with Crippen LogP contribution in [0.2, 0.25) is 5.02 Å². The fraction of sp³-hybridized carbons (Fsp3) is 0.529. The van der Waals surface area contributed by atoms with Crippen molar-refractivity contribution in [3.8, 4) is 0 Å². The summed E-state index contributed by atoms with van der Waals surface area (Å²) < 4.78 is 0. The molecule has 3 rings (SSSR count). The number of aromatic amines is 1. The van der Waals surface area contributed by atoms with Crippen molar-refractivity contribution in [1.29, 1.82) is 0 Å². The van der Waals surface area contributed by atoms with Crippen molar-refractivity contribution < 1.29 is 0 Å². The summed E-state index contributed by atoms with van der Waals surface area (Å²) in [6.07, 6.45) is 6.14. The number of fused-ring (bicyclic) bond motifs is 1. The Morgan fingerprint density at radius 3 is 3.00 bits per heavy atom. The first-order valence-corrected chi connectivity index (χ1v) is 8.02. The monoisotopic (exact) mass is 290 g/mol. The smallest absolute Gasteiger partial charge is 0.0472 e. The average Bonchev–Trinajstić information content (AvgIpc) is 2.83. The van der Waals surface area contributed by atoms with Gasteiger partial charge < -0.3 is 10.3 Å². The summed E-state index contributed by atoms with van der Waals surface area (Å²) >= 11 is 6.03. The van der Waals surface area contributed by atoms with E-state index in [0.29, 0.717) is 6.04 Å². The Hall–Kier alpha value is -0.990. The Morgan fingerprint density at radius 2 is 2.15 bits per heavy atom. The highest BCUT2D eigenvalue weighted by Crippen LogP contribution is 2.30. The van der Waals surface area contributed by atoms with Gasteiger partial charge in [-0.2, -0.15) is 0 Å². The lowest BCUT2D eigenvalue weighted by Gasteiger charge is -2.34. The van der Waals surface area contributed by atoms with Crippen LogP contribution in [-0.2, 0) is 6.54 Å². The Bertz CT molecular complexity index is 590. The lowest BCUT2D eigenvalue weighted by atomic mass is 9.78. The first-order chi connectivity index (χ1) is 9.65. The molecule has 3 atom stereocenters. The average molecular weight is 291 g/mol. The van der Waals surface area contributed by atoms with Crippen molar-refractivity contribution in [2.24, 2.45) is 11.8 Å².